The summed E-state index contributed by atoms with van der Waals surface area (Å²) in [5, 5.41) is 1.19. The smallest absolute Gasteiger partial charge is 0.230 e. The Morgan fingerprint density at radius 2 is 2.04 bits per heavy atom. The highest BCUT2D eigenvalue weighted by Gasteiger charge is 2.36. The van der Waals surface area contributed by atoms with Crippen LogP contribution >= 0.6 is 0 Å². The van der Waals surface area contributed by atoms with Gasteiger partial charge in [0.1, 0.15) is 5.75 Å². The lowest BCUT2D eigenvalue weighted by molar-refractivity contribution is -0.123. The number of aryl methyl sites for hydroxylation is 1. The predicted molar refractivity (Wildman–Crippen MR) is 107 cm³/mol. The van der Waals surface area contributed by atoms with Gasteiger partial charge in [-0.05, 0) is 68.0 Å². The Balaban J connectivity index is 1.48. The Labute approximate surface area is 159 Å². The van der Waals surface area contributed by atoms with Crippen LogP contribution < -0.4 is 9.64 Å². The molecule has 2 atom stereocenters. The molecule has 2 aliphatic rings. The molecule has 1 N–H and O–H groups in total. The maximum absolute atomic E-state index is 13.5. The number of nitrogens with one attached hydrogen (secondary N) is 1. The summed E-state index contributed by atoms with van der Waals surface area (Å²) in [5.41, 5.74) is 6.08. The van der Waals surface area contributed by atoms with Gasteiger partial charge < -0.3 is 14.6 Å². The van der Waals surface area contributed by atoms with Crippen molar-refractivity contribution in [2.24, 2.45) is 5.92 Å². The number of ether oxygens (including phenoxy) is 1. The number of methoxy groups -OCH3 is 1. The van der Waals surface area contributed by atoms with Crippen molar-refractivity contribution in [1.29, 1.82) is 0 Å². The highest BCUT2D eigenvalue weighted by molar-refractivity contribution is 5.98. The van der Waals surface area contributed by atoms with E-state index in [-0.39, 0.29) is 17.9 Å². The van der Waals surface area contributed by atoms with Gasteiger partial charge in [-0.2, -0.15) is 0 Å². The number of hydrogen-bond acceptors (Lipinski definition) is 2. The van der Waals surface area contributed by atoms with Crippen LogP contribution in [0.3, 0.4) is 0 Å². The third-order valence-electron chi connectivity index (χ3n) is 6.19. The molecule has 0 spiro atoms. The van der Waals surface area contributed by atoms with E-state index in [1.165, 1.54) is 22.2 Å². The van der Waals surface area contributed by atoms with Gasteiger partial charge in [0.15, 0.2) is 0 Å². The molecular weight excluding hydrogens is 336 g/mol. The van der Waals surface area contributed by atoms with Gasteiger partial charge in [-0.1, -0.05) is 18.2 Å². The summed E-state index contributed by atoms with van der Waals surface area (Å²) in [7, 11) is 1.69. The largest absolute Gasteiger partial charge is 0.497 e. The van der Waals surface area contributed by atoms with E-state index < -0.39 is 0 Å². The zero-order valence-electron chi connectivity index (χ0n) is 15.8. The molecule has 4 heteroatoms. The number of carbonyl (C=O) groups is 1. The minimum Gasteiger partial charge on any atom is -0.497 e. The molecule has 1 amide bonds. The number of hydrogen-bond donors (Lipinski definition) is 1. The molecule has 2 heterocycles. The Morgan fingerprint density at radius 1 is 1.19 bits per heavy atom. The second-order valence-electron chi connectivity index (χ2n) is 7.82. The first-order valence-corrected chi connectivity index (χ1v) is 9.74. The maximum Gasteiger partial charge on any atom is 0.230 e. The van der Waals surface area contributed by atoms with Gasteiger partial charge in [-0.25, -0.2) is 0 Å². The number of anilines is 1. The zero-order valence-corrected chi connectivity index (χ0v) is 15.8. The highest BCUT2D eigenvalue weighted by atomic mass is 16.5. The fourth-order valence-corrected chi connectivity index (χ4v) is 4.83. The first-order valence-electron chi connectivity index (χ1n) is 9.74. The van der Waals surface area contributed by atoms with E-state index in [1.807, 2.05) is 17.0 Å². The molecule has 3 aromatic rings. The van der Waals surface area contributed by atoms with Gasteiger partial charge in [0, 0.05) is 34.2 Å². The van der Waals surface area contributed by atoms with E-state index in [2.05, 4.69) is 42.2 Å². The second kappa shape index (κ2) is 6.15. The van der Waals surface area contributed by atoms with Gasteiger partial charge >= 0.3 is 0 Å². The monoisotopic (exact) mass is 360 g/mol. The van der Waals surface area contributed by atoms with Gasteiger partial charge in [0.05, 0.1) is 7.11 Å². The van der Waals surface area contributed by atoms with Crippen molar-refractivity contribution < 1.29 is 9.53 Å². The molecule has 5 rings (SSSR count). The Morgan fingerprint density at radius 3 is 2.89 bits per heavy atom. The van der Waals surface area contributed by atoms with E-state index in [1.54, 1.807) is 7.11 Å². The predicted octanol–water partition coefficient (Wildman–Crippen LogP) is 4.26. The van der Waals surface area contributed by atoms with E-state index >= 15 is 0 Å². The number of fused-ring (bicyclic) bond motifs is 4. The van der Waals surface area contributed by atoms with Crippen molar-refractivity contribution in [1.82, 2.24) is 4.98 Å². The van der Waals surface area contributed by atoms with E-state index in [0.29, 0.717) is 0 Å². The van der Waals surface area contributed by atoms with Crippen LogP contribution in [-0.4, -0.2) is 24.0 Å². The molecule has 0 radical (unpaired) electrons. The summed E-state index contributed by atoms with van der Waals surface area (Å²) >= 11 is 0. The molecule has 0 fully saturated rings. The first-order chi connectivity index (χ1) is 13.2. The third kappa shape index (κ3) is 2.54. The SMILES string of the molecule is COc1ccc2[nH]c3c(c2c1)CC(C(=O)N1c2ccccc2CC1C)CC3. The van der Waals surface area contributed by atoms with Crippen molar-refractivity contribution in [2.75, 3.05) is 12.0 Å². The molecule has 4 nitrogen and oxygen atoms in total. The molecule has 27 heavy (non-hydrogen) atoms. The minimum atomic E-state index is 0.0382. The normalized spacial score (nSPS) is 21.2. The van der Waals surface area contributed by atoms with Crippen LogP contribution in [0.5, 0.6) is 5.75 Å². The number of aromatic amines is 1. The van der Waals surface area contributed by atoms with Gasteiger partial charge in [0.2, 0.25) is 5.91 Å². The first kappa shape index (κ1) is 16.4. The van der Waals surface area contributed by atoms with Gasteiger partial charge in [0.25, 0.3) is 0 Å². The number of benzene rings is 2. The Bertz CT molecular complexity index is 1040. The molecule has 138 valence electrons. The van der Waals surface area contributed by atoms with Crippen LogP contribution in [0, 0.1) is 5.92 Å². The minimum absolute atomic E-state index is 0.0382. The van der Waals surface area contributed by atoms with Crippen molar-refractivity contribution in [3.05, 3.63) is 59.3 Å². The second-order valence-corrected chi connectivity index (χ2v) is 7.82. The molecule has 1 aromatic heterocycles. The van der Waals surface area contributed by atoms with E-state index in [9.17, 15) is 4.79 Å². The van der Waals surface area contributed by atoms with Crippen LogP contribution in [0.4, 0.5) is 5.69 Å². The van der Waals surface area contributed by atoms with Crippen LogP contribution in [0.15, 0.2) is 42.5 Å². The lowest BCUT2D eigenvalue weighted by Gasteiger charge is -2.30. The number of aromatic nitrogens is 1. The number of carbonyl (C=O) groups excluding carboxylic acids is 1. The number of amides is 1. The lowest BCUT2D eigenvalue weighted by atomic mass is 9.85. The van der Waals surface area contributed by atoms with Crippen molar-refractivity contribution in [2.45, 2.75) is 38.6 Å². The highest BCUT2D eigenvalue weighted by Crippen LogP contribution is 2.38. The van der Waals surface area contributed by atoms with Crippen molar-refractivity contribution in [3.63, 3.8) is 0 Å². The average molecular weight is 360 g/mol. The molecule has 2 aromatic carbocycles. The maximum atomic E-state index is 13.5. The standard InChI is InChI=1S/C23H24N2O2/c1-14-11-15-5-3-4-6-22(15)25(14)23(26)16-7-9-20-18(12-16)19-13-17(27-2)8-10-21(19)24-20/h3-6,8,10,13-14,16,24H,7,9,11-12H2,1-2H3. The summed E-state index contributed by atoms with van der Waals surface area (Å²) < 4.78 is 5.40. The fraction of sp³-hybridized carbons (Fsp3) is 0.348. The number of H-pyrrole nitrogens is 1. The topological polar surface area (TPSA) is 45.3 Å². The van der Waals surface area contributed by atoms with Crippen LogP contribution in [0.2, 0.25) is 0 Å². The van der Waals surface area contributed by atoms with Gasteiger partial charge in [-0.15, -0.1) is 0 Å². The summed E-state index contributed by atoms with van der Waals surface area (Å²) in [4.78, 5) is 19.0. The Hall–Kier alpha value is -2.75. The Kier molecular flexibility index (Phi) is 3.74. The number of nitrogens with zero attached hydrogens (tertiary/aromatic N) is 1. The van der Waals surface area contributed by atoms with E-state index in [0.717, 1.165) is 42.6 Å². The molecule has 1 aliphatic carbocycles. The molecular formula is C23H24N2O2. The van der Waals surface area contributed by atoms with Crippen molar-refractivity contribution in [3.8, 4) is 5.75 Å². The number of para-hydroxylation sites is 1. The summed E-state index contributed by atoms with van der Waals surface area (Å²) in [6, 6.07) is 14.7. The molecule has 0 bridgehead atoms. The van der Waals surface area contributed by atoms with E-state index in [4.69, 9.17) is 4.74 Å². The van der Waals surface area contributed by atoms with Crippen molar-refractivity contribution >= 4 is 22.5 Å². The van der Waals surface area contributed by atoms with Gasteiger partial charge in [-0.3, -0.25) is 4.79 Å². The fourth-order valence-electron chi connectivity index (χ4n) is 4.83. The lowest BCUT2D eigenvalue weighted by Crippen LogP contribution is -2.41. The van der Waals surface area contributed by atoms with Crippen LogP contribution in [0.1, 0.15) is 30.2 Å². The van der Waals surface area contributed by atoms with Crippen LogP contribution in [-0.2, 0) is 24.1 Å². The number of rotatable bonds is 2. The van der Waals surface area contributed by atoms with Crippen LogP contribution in [0.25, 0.3) is 10.9 Å². The summed E-state index contributed by atoms with van der Waals surface area (Å²) in [6.45, 7) is 2.16. The summed E-state index contributed by atoms with van der Waals surface area (Å²) in [5.74, 6) is 1.17. The quantitative estimate of drug-likeness (QED) is 0.742. The molecule has 0 saturated carbocycles. The molecule has 2 unspecified atom stereocenters. The molecule has 1 aliphatic heterocycles. The third-order valence-corrected chi connectivity index (χ3v) is 6.19. The molecule has 0 saturated heterocycles. The average Bonchev–Trinajstić information content (AvgIpc) is 3.22. The summed E-state index contributed by atoms with van der Waals surface area (Å²) in [6.07, 6.45) is 3.57. The zero-order chi connectivity index (χ0) is 18.5.